The topological polar surface area (TPSA) is 99.1 Å². The third-order valence-electron chi connectivity index (χ3n) is 4.68. The van der Waals surface area contributed by atoms with Gasteiger partial charge in [-0.05, 0) is 23.8 Å². The van der Waals surface area contributed by atoms with Crippen molar-refractivity contribution in [3.05, 3.63) is 85.2 Å². The van der Waals surface area contributed by atoms with E-state index in [1.165, 1.54) is 9.13 Å². The van der Waals surface area contributed by atoms with E-state index in [2.05, 4.69) is 36.4 Å². The average molecular weight is 468 g/mol. The number of benzene rings is 1. The molecule has 3 heterocycles. The fourth-order valence-corrected chi connectivity index (χ4v) is 3.34. The zero-order valence-electron chi connectivity index (χ0n) is 16.3. The molecule has 10 heteroatoms. The van der Waals surface area contributed by atoms with Crippen LogP contribution < -0.4 is 16.7 Å². The minimum absolute atomic E-state index is 0.168. The Morgan fingerprint density at radius 2 is 1.90 bits per heavy atom. The predicted molar refractivity (Wildman–Crippen MR) is 119 cm³/mol. The summed E-state index contributed by atoms with van der Waals surface area (Å²) in [5.74, 6) is 0.346. The fourth-order valence-electron chi connectivity index (χ4n) is 3.07. The molecule has 1 aromatic carbocycles. The molecule has 0 saturated heterocycles. The van der Waals surface area contributed by atoms with E-state index in [1.54, 1.807) is 43.3 Å². The van der Waals surface area contributed by atoms with Crippen molar-refractivity contribution in [2.24, 2.45) is 19.2 Å². The number of imidazole rings is 1. The lowest BCUT2D eigenvalue weighted by Crippen LogP contribution is -2.39. The number of nitrogens with zero attached hydrogens (tertiary/aromatic N) is 6. The Kier molecular flexibility index (Phi) is 5.32. The van der Waals surface area contributed by atoms with E-state index in [1.807, 2.05) is 30.3 Å². The summed E-state index contributed by atoms with van der Waals surface area (Å²) in [6.07, 6.45) is 4.94. The van der Waals surface area contributed by atoms with Crippen molar-refractivity contribution in [2.75, 3.05) is 5.43 Å². The highest BCUT2D eigenvalue weighted by atomic mass is 79.9. The zero-order chi connectivity index (χ0) is 21.3. The number of anilines is 1. The van der Waals surface area contributed by atoms with Crippen molar-refractivity contribution in [1.82, 2.24) is 23.7 Å². The number of hydrogen-bond donors (Lipinski definition) is 1. The minimum Gasteiger partial charge on any atom is -0.306 e. The molecule has 0 saturated carbocycles. The van der Waals surface area contributed by atoms with Gasteiger partial charge in [0.1, 0.15) is 0 Å². The van der Waals surface area contributed by atoms with Crippen LogP contribution in [0.5, 0.6) is 0 Å². The summed E-state index contributed by atoms with van der Waals surface area (Å²) in [6.45, 7) is 0.168. The molecule has 0 aliphatic carbocycles. The van der Waals surface area contributed by atoms with Crippen LogP contribution in [0.15, 0.2) is 68.0 Å². The number of hydrazone groups is 1. The second kappa shape index (κ2) is 8.07. The second-order valence-electron chi connectivity index (χ2n) is 6.68. The van der Waals surface area contributed by atoms with Crippen LogP contribution in [0.3, 0.4) is 0 Å². The summed E-state index contributed by atoms with van der Waals surface area (Å²) >= 11 is 3.38. The van der Waals surface area contributed by atoms with Crippen molar-refractivity contribution < 1.29 is 0 Å². The number of halogens is 1. The van der Waals surface area contributed by atoms with Crippen LogP contribution in [0.2, 0.25) is 0 Å². The zero-order valence-corrected chi connectivity index (χ0v) is 17.9. The van der Waals surface area contributed by atoms with E-state index in [4.69, 9.17) is 0 Å². The first-order valence-electron chi connectivity index (χ1n) is 9.05. The highest BCUT2D eigenvalue weighted by Gasteiger charge is 2.18. The van der Waals surface area contributed by atoms with Gasteiger partial charge in [-0.2, -0.15) is 10.1 Å². The number of pyridine rings is 1. The molecule has 3 aromatic heterocycles. The van der Waals surface area contributed by atoms with Gasteiger partial charge in [0.25, 0.3) is 5.56 Å². The van der Waals surface area contributed by atoms with Crippen molar-refractivity contribution >= 4 is 39.3 Å². The summed E-state index contributed by atoms with van der Waals surface area (Å²) in [7, 11) is 3.30. The Balaban J connectivity index is 1.73. The smallest absolute Gasteiger partial charge is 0.306 e. The molecule has 1 N–H and O–H groups in total. The highest BCUT2D eigenvalue weighted by Crippen LogP contribution is 2.14. The van der Waals surface area contributed by atoms with Crippen LogP contribution in [0, 0.1) is 0 Å². The second-order valence-corrected chi connectivity index (χ2v) is 7.60. The van der Waals surface area contributed by atoms with Crippen LogP contribution in [0.4, 0.5) is 5.95 Å². The predicted octanol–water partition coefficient (Wildman–Crippen LogP) is 2.09. The van der Waals surface area contributed by atoms with E-state index >= 15 is 0 Å². The lowest BCUT2D eigenvalue weighted by molar-refractivity contribution is 0.655. The number of aromatic nitrogens is 5. The molecule has 0 aliphatic rings. The van der Waals surface area contributed by atoms with Gasteiger partial charge in [-0.15, -0.1) is 0 Å². The molecule has 0 fully saturated rings. The first-order valence-corrected chi connectivity index (χ1v) is 9.85. The van der Waals surface area contributed by atoms with Crippen molar-refractivity contribution in [1.29, 1.82) is 0 Å². The molecule has 0 radical (unpaired) electrons. The number of aryl methyl sites for hydroxylation is 2. The Morgan fingerprint density at radius 3 is 2.60 bits per heavy atom. The maximum Gasteiger partial charge on any atom is 0.332 e. The van der Waals surface area contributed by atoms with Crippen LogP contribution in [0.1, 0.15) is 11.1 Å². The maximum absolute atomic E-state index is 13.1. The minimum atomic E-state index is -0.432. The highest BCUT2D eigenvalue weighted by molar-refractivity contribution is 9.10. The molecule has 4 rings (SSSR count). The van der Waals surface area contributed by atoms with Crippen molar-refractivity contribution in [3.63, 3.8) is 0 Å². The molecule has 0 unspecified atom stereocenters. The lowest BCUT2D eigenvalue weighted by Gasteiger charge is -2.09. The Bertz CT molecular complexity index is 1350. The normalized spacial score (nSPS) is 11.4. The van der Waals surface area contributed by atoms with Crippen LogP contribution in [0.25, 0.3) is 11.2 Å². The maximum atomic E-state index is 13.1. The monoisotopic (exact) mass is 467 g/mol. The molecule has 0 spiro atoms. The van der Waals surface area contributed by atoms with E-state index in [0.29, 0.717) is 17.1 Å². The number of fused-ring (bicyclic) bond motifs is 1. The van der Waals surface area contributed by atoms with Gasteiger partial charge in [0, 0.05) is 36.5 Å². The molecule has 152 valence electrons. The molecule has 0 amide bonds. The molecule has 30 heavy (non-hydrogen) atoms. The van der Waals surface area contributed by atoms with Gasteiger partial charge in [0.2, 0.25) is 5.95 Å². The molecule has 0 bridgehead atoms. The van der Waals surface area contributed by atoms with Gasteiger partial charge in [-0.25, -0.2) is 10.2 Å². The van der Waals surface area contributed by atoms with E-state index in [9.17, 15) is 9.59 Å². The summed E-state index contributed by atoms with van der Waals surface area (Å²) in [5.41, 5.74) is 4.25. The molecular weight excluding hydrogens is 450 g/mol. The van der Waals surface area contributed by atoms with Crippen LogP contribution >= 0.6 is 15.9 Å². The molecular formula is C20H18BrN7O2. The summed E-state index contributed by atoms with van der Waals surface area (Å²) in [4.78, 5) is 34.3. The third kappa shape index (κ3) is 3.69. The first kappa shape index (κ1) is 19.8. The lowest BCUT2D eigenvalue weighted by atomic mass is 10.2. The standard InChI is InChI=1S/C20H18BrN7O2/c1-26-16-17(24-19(26)25-23-11-14-4-3-9-22-10-14)27(2)20(30)28(18(16)29)12-13-5-7-15(21)8-6-13/h3-11H,12H2,1-2H3,(H,24,25). The third-order valence-corrected chi connectivity index (χ3v) is 5.21. The van der Waals surface area contributed by atoms with E-state index < -0.39 is 11.2 Å². The van der Waals surface area contributed by atoms with Crippen molar-refractivity contribution in [2.45, 2.75) is 6.54 Å². The summed E-state index contributed by atoms with van der Waals surface area (Å²) in [5, 5.41) is 4.15. The van der Waals surface area contributed by atoms with Gasteiger partial charge in [0.05, 0.1) is 12.8 Å². The Hall–Kier alpha value is -3.53. The number of nitrogens with one attached hydrogen (secondary N) is 1. The molecule has 0 aliphatic heterocycles. The fraction of sp³-hybridized carbons (Fsp3) is 0.150. The molecule has 9 nitrogen and oxygen atoms in total. The largest absolute Gasteiger partial charge is 0.332 e. The van der Waals surface area contributed by atoms with Crippen LogP contribution in [-0.4, -0.2) is 29.9 Å². The Labute approximate surface area is 179 Å². The van der Waals surface area contributed by atoms with E-state index in [0.717, 1.165) is 15.6 Å². The Morgan fingerprint density at radius 1 is 1.13 bits per heavy atom. The van der Waals surface area contributed by atoms with E-state index in [-0.39, 0.29) is 6.54 Å². The molecule has 0 atom stereocenters. The summed E-state index contributed by atoms with van der Waals surface area (Å²) in [6, 6.07) is 11.1. The number of rotatable bonds is 5. The van der Waals surface area contributed by atoms with Gasteiger partial charge in [-0.1, -0.05) is 34.1 Å². The van der Waals surface area contributed by atoms with Gasteiger partial charge >= 0.3 is 5.69 Å². The average Bonchev–Trinajstić information content (AvgIpc) is 3.08. The van der Waals surface area contributed by atoms with Gasteiger partial charge in [-0.3, -0.25) is 18.9 Å². The number of hydrogen-bond acceptors (Lipinski definition) is 6. The SMILES string of the molecule is Cn1c(NN=Cc2cccnc2)nc2c1c(=O)n(Cc1ccc(Br)cc1)c(=O)n2C. The molecule has 4 aromatic rings. The van der Waals surface area contributed by atoms with Gasteiger partial charge in [0.15, 0.2) is 11.2 Å². The quantitative estimate of drug-likeness (QED) is 0.357. The van der Waals surface area contributed by atoms with Gasteiger partial charge < -0.3 is 4.57 Å². The summed E-state index contributed by atoms with van der Waals surface area (Å²) < 4.78 is 5.09. The van der Waals surface area contributed by atoms with Crippen molar-refractivity contribution in [3.8, 4) is 0 Å². The first-order chi connectivity index (χ1) is 14.5. The van der Waals surface area contributed by atoms with Crippen LogP contribution in [-0.2, 0) is 20.6 Å².